The molecular formula is C17H25N3O3S. The van der Waals surface area contributed by atoms with Crippen LogP contribution in [0.5, 0.6) is 0 Å². The van der Waals surface area contributed by atoms with Crippen molar-refractivity contribution in [2.75, 3.05) is 23.1 Å². The molecule has 0 aliphatic carbocycles. The average Bonchev–Trinajstić information content (AvgIpc) is 2.86. The van der Waals surface area contributed by atoms with E-state index in [1.807, 2.05) is 6.92 Å². The van der Waals surface area contributed by atoms with Crippen molar-refractivity contribution in [1.29, 1.82) is 0 Å². The monoisotopic (exact) mass is 351 g/mol. The number of hydrogen-bond acceptors (Lipinski definition) is 4. The fourth-order valence-corrected chi connectivity index (χ4v) is 5.07. The highest BCUT2D eigenvalue weighted by molar-refractivity contribution is 7.93. The first kappa shape index (κ1) is 17.2. The van der Waals surface area contributed by atoms with Gasteiger partial charge >= 0.3 is 0 Å². The SMILES string of the molecule is Cc1cc(N2CCCS2(=O)=O)ccc1C(=O)NC1CCNC(C)C1. The predicted octanol–water partition coefficient (Wildman–Crippen LogP) is 1.41. The van der Waals surface area contributed by atoms with Crippen LogP contribution in [0.4, 0.5) is 5.69 Å². The molecule has 2 N–H and O–H groups in total. The van der Waals surface area contributed by atoms with Gasteiger partial charge in [0.15, 0.2) is 0 Å². The van der Waals surface area contributed by atoms with Crippen molar-refractivity contribution in [2.24, 2.45) is 0 Å². The summed E-state index contributed by atoms with van der Waals surface area (Å²) in [4.78, 5) is 12.5. The van der Waals surface area contributed by atoms with Gasteiger partial charge in [0.05, 0.1) is 11.4 Å². The second-order valence-electron chi connectivity index (χ2n) is 6.79. The minimum Gasteiger partial charge on any atom is -0.349 e. The van der Waals surface area contributed by atoms with Crippen LogP contribution in [-0.4, -0.2) is 45.3 Å². The number of anilines is 1. The standard InChI is InChI=1S/C17H25N3O3S/c1-12-10-15(20-8-3-9-24(20,22)23)4-5-16(12)17(21)19-14-6-7-18-13(2)11-14/h4-5,10,13-14,18H,3,6-9,11H2,1-2H3,(H,19,21). The van der Waals surface area contributed by atoms with E-state index < -0.39 is 10.0 Å². The van der Waals surface area contributed by atoms with Crippen LogP contribution in [0.2, 0.25) is 0 Å². The number of hydrogen-bond donors (Lipinski definition) is 2. The third-order valence-corrected chi connectivity index (χ3v) is 6.67. The summed E-state index contributed by atoms with van der Waals surface area (Å²) in [5, 5.41) is 6.47. The molecule has 24 heavy (non-hydrogen) atoms. The summed E-state index contributed by atoms with van der Waals surface area (Å²) in [6.45, 7) is 5.40. The van der Waals surface area contributed by atoms with Crippen LogP contribution in [-0.2, 0) is 10.0 Å². The van der Waals surface area contributed by atoms with Gasteiger partial charge in [0.2, 0.25) is 10.0 Å². The molecule has 0 bridgehead atoms. The molecular weight excluding hydrogens is 326 g/mol. The summed E-state index contributed by atoms with van der Waals surface area (Å²) in [5.74, 6) is 0.116. The smallest absolute Gasteiger partial charge is 0.251 e. The fraction of sp³-hybridized carbons (Fsp3) is 0.588. The molecule has 0 aromatic heterocycles. The first-order valence-corrected chi connectivity index (χ1v) is 10.1. The normalized spacial score (nSPS) is 26.3. The lowest BCUT2D eigenvalue weighted by Crippen LogP contribution is -2.46. The third kappa shape index (κ3) is 3.57. The molecule has 132 valence electrons. The van der Waals surface area contributed by atoms with Crippen molar-refractivity contribution in [1.82, 2.24) is 10.6 Å². The fourth-order valence-electron chi connectivity index (χ4n) is 3.51. The Bertz CT molecular complexity index is 733. The van der Waals surface area contributed by atoms with Crippen molar-refractivity contribution in [3.8, 4) is 0 Å². The third-order valence-electron chi connectivity index (χ3n) is 4.80. The maximum Gasteiger partial charge on any atom is 0.251 e. The van der Waals surface area contributed by atoms with Crippen molar-refractivity contribution in [3.63, 3.8) is 0 Å². The molecule has 2 unspecified atom stereocenters. The van der Waals surface area contributed by atoms with Crippen LogP contribution in [0.25, 0.3) is 0 Å². The number of piperidine rings is 1. The van der Waals surface area contributed by atoms with E-state index in [-0.39, 0.29) is 17.7 Å². The van der Waals surface area contributed by atoms with Gasteiger partial charge in [-0.15, -0.1) is 0 Å². The Morgan fingerprint density at radius 1 is 1.38 bits per heavy atom. The lowest BCUT2D eigenvalue weighted by atomic mass is 9.99. The molecule has 2 heterocycles. The molecule has 1 amide bonds. The van der Waals surface area contributed by atoms with Gasteiger partial charge < -0.3 is 10.6 Å². The van der Waals surface area contributed by atoms with Gasteiger partial charge in [-0.1, -0.05) is 0 Å². The van der Waals surface area contributed by atoms with Crippen LogP contribution >= 0.6 is 0 Å². The molecule has 0 saturated carbocycles. The van der Waals surface area contributed by atoms with Crippen LogP contribution < -0.4 is 14.9 Å². The van der Waals surface area contributed by atoms with Crippen LogP contribution in [0.1, 0.15) is 42.1 Å². The number of sulfonamides is 1. The van der Waals surface area contributed by atoms with Crippen LogP contribution in [0.15, 0.2) is 18.2 Å². The van der Waals surface area contributed by atoms with Gasteiger partial charge in [-0.2, -0.15) is 0 Å². The maximum absolute atomic E-state index is 12.5. The highest BCUT2D eigenvalue weighted by atomic mass is 32.2. The van der Waals surface area contributed by atoms with Crippen molar-refractivity contribution in [3.05, 3.63) is 29.3 Å². The van der Waals surface area contributed by atoms with Crippen molar-refractivity contribution < 1.29 is 13.2 Å². The molecule has 0 spiro atoms. The van der Waals surface area contributed by atoms with Gasteiger partial charge in [0, 0.05) is 24.2 Å². The molecule has 1 aromatic carbocycles. The Morgan fingerprint density at radius 2 is 2.17 bits per heavy atom. The lowest BCUT2D eigenvalue weighted by Gasteiger charge is -2.29. The molecule has 2 atom stereocenters. The summed E-state index contributed by atoms with van der Waals surface area (Å²) in [7, 11) is -3.19. The van der Waals surface area contributed by atoms with Gasteiger partial charge in [0.1, 0.15) is 0 Å². The number of rotatable bonds is 3. The molecule has 2 fully saturated rings. The number of aryl methyl sites for hydroxylation is 1. The first-order chi connectivity index (χ1) is 11.4. The van der Waals surface area contributed by atoms with E-state index in [4.69, 9.17) is 0 Å². The minimum atomic E-state index is -3.19. The second-order valence-corrected chi connectivity index (χ2v) is 8.80. The molecule has 0 radical (unpaired) electrons. The second kappa shape index (κ2) is 6.72. The van der Waals surface area contributed by atoms with E-state index in [1.54, 1.807) is 18.2 Å². The zero-order valence-corrected chi connectivity index (χ0v) is 15.0. The largest absolute Gasteiger partial charge is 0.349 e. The Kier molecular flexibility index (Phi) is 4.83. The van der Waals surface area contributed by atoms with E-state index in [2.05, 4.69) is 17.6 Å². The summed E-state index contributed by atoms with van der Waals surface area (Å²) in [6, 6.07) is 5.86. The van der Waals surface area contributed by atoms with E-state index in [1.165, 1.54) is 4.31 Å². The van der Waals surface area contributed by atoms with Gasteiger partial charge in [-0.05, 0) is 63.4 Å². The Labute approximate surface area is 143 Å². The lowest BCUT2D eigenvalue weighted by molar-refractivity contribution is 0.0925. The van der Waals surface area contributed by atoms with Crippen LogP contribution in [0, 0.1) is 6.92 Å². The van der Waals surface area contributed by atoms with Gasteiger partial charge in [0.25, 0.3) is 5.91 Å². The van der Waals surface area contributed by atoms with Crippen molar-refractivity contribution in [2.45, 2.75) is 45.2 Å². The van der Waals surface area contributed by atoms with E-state index in [0.717, 1.165) is 24.9 Å². The summed E-state index contributed by atoms with van der Waals surface area (Å²) in [5.41, 5.74) is 2.06. The molecule has 2 aliphatic heterocycles. The maximum atomic E-state index is 12.5. The Morgan fingerprint density at radius 3 is 2.79 bits per heavy atom. The predicted molar refractivity (Wildman–Crippen MR) is 94.9 cm³/mol. The number of carbonyl (C=O) groups excluding carboxylic acids is 1. The van der Waals surface area contributed by atoms with E-state index in [9.17, 15) is 13.2 Å². The van der Waals surface area contributed by atoms with Gasteiger partial charge in [-0.3, -0.25) is 9.10 Å². The number of carbonyl (C=O) groups is 1. The topological polar surface area (TPSA) is 78.5 Å². The highest BCUT2D eigenvalue weighted by Crippen LogP contribution is 2.26. The molecule has 6 nitrogen and oxygen atoms in total. The molecule has 2 aliphatic rings. The number of benzene rings is 1. The Balaban J connectivity index is 1.74. The van der Waals surface area contributed by atoms with Crippen molar-refractivity contribution >= 4 is 21.6 Å². The van der Waals surface area contributed by atoms with E-state index in [0.29, 0.717) is 30.3 Å². The minimum absolute atomic E-state index is 0.0811. The number of nitrogens with zero attached hydrogens (tertiary/aromatic N) is 1. The zero-order valence-electron chi connectivity index (χ0n) is 14.2. The molecule has 2 saturated heterocycles. The Hall–Kier alpha value is -1.60. The molecule has 1 aromatic rings. The molecule has 7 heteroatoms. The number of nitrogens with one attached hydrogen (secondary N) is 2. The molecule has 3 rings (SSSR count). The quantitative estimate of drug-likeness (QED) is 0.863. The van der Waals surface area contributed by atoms with Gasteiger partial charge in [-0.25, -0.2) is 8.42 Å². The van der Waals surface area contributed by atoms with E-state index >= 15 is 0 Å². The highest BCUT2D eigenvalue weighted by Gasteiger charge is 2.29. The number of amides is 1. The summed E-state index contributed by atoms with van der Waals surface area (Å²) >= 11 is 0. The first-order valence-electron chi connectivity index (χ1n) is 8.52. The average molecular weight is 351 g/mol. The summed E-state index contributed by atoms with van der Waals surface area (Å²) in [6.07, 6.45) is 2.51. The zero-order chi connectivity index (χ0) is 17.3. The van der Waals surface area contributed by atoms with Crippen LogP contribution in [0.3, 0.4) is 0 Å². The summed E-state index contributed by atoms with van der Waals surface area (Å²) < 4.78 is 25.5.